The highest BCUT2D eigenvalue weighted by Gasteiger charge is 2.41. The number of esters is 1. The van der Waals surface area contributed by atoms with Crippen LogP contribution < -0.4 is 4.90 Å². The minimum atomic E-state index is -3.60. The summed E-state index contributed by atoms with van der Waals surface area (Å²) < 4.78 is 26.6. The third-order valence-electron chi connectivity index (χ3n) is 3.42. The average Bonchev–Trinajstić information content (AvgIpc) is 2.43. The van der Waals surface area contributed by atoms with Crippen LogP contribution in [0.5, 0.6) is 0 Å². The summed E-state index contributed by atoms with van der Waals surface area (Å²) in [6.45, 7) is 2.67. The molecular formula is C14H19NO5S. The summed E-state index contributed by atoms with van der Waals surface area (Å²) in [5.74, 6) is -1.22. The Bertz CT molecular complexity index is 664. The van der Waals surface area contributed by atoms with Gasteiger partial charge in [0.15, 0.2) is 9.84 Å². The van der Waals surface area contributed by atoms with Crippen LogP contribution in [0.2, 0.25) is 0 Å². The predicted octanol–water partition coefficient (Wildman–Crippen LogP) is 1.26. The summed E-state index contributed by atoms with van der Waals surface area (Å²) in [4.78, 5) is 25.4. The molecule has 0 aliphatic rings. The number of amides is 1. The van der Waals surface area contributed by atoms with Crippen molar-refractivity contribution in [3.05, 3.63) is 29.8 Å². The first-order valence-electron chi connectivity index (χ1n) is 6.19. The van der Waals surface area contributed by atoms with Crippen LogP contribution in [0, 0.1) is 0 Å². The third kappa shape index (κ3) is 3.24. The smallest absolute Gasteiger partial charge is 0.339 e. The van der Waals surface area contributed by atoms with Crippen LogP contribution in [0.1, 0.15) is 24.2 Å². The van der Waals surface area contributed by atoms with Gasteiger partial charge in [-0.2, -0.15) is 0 Å². The maximum atomic E-state index is 12.5. The van der Waals surface area contributed by atoms with Crippen molar-refractivity contribution in [1.29, 1.82) is 0 Å². The summed E-state index contributed by atoms with van der Waals surface area (Å²) in [6.07, 6.45) is 1.00. The van der Waals surface area contributed by atoms with Crippen molar-refractivity contribution >= 4 is 27.4 Å². The van der Waals surface area contributed by atoms with E-state index >= 15 is 0 Å². The third-order valence-corrected chi connectivity index (χ3v) is 5.45. The zero-order chi connectivity index (χ0) is 16.4. The highest BCUT2D eigenvalue weighted by molar-refractivity contribution is 7.92. The Hall–Kier alpha value is -1.89. The van der Waals surface area contributed by atoms with E-state index in [0.717, 1.165) is 11.2 Å². The quantitative estimate of drug-likeness (QED) is 0.782. The number of anilines is 1. The molecule has 1 aromatic carbocycles. The van der Waals surface area contributed by atoms with Crippen LogP contribution in [0.15, 0.2) is 24.3 Å². The molecule has 0 unspecified atom stereocenters. The van der Waals surface area contributed by atoms with E-state index in [2.05, 4.69) is 4.74 Å². The number of methoxy groups -OCH3 is 1. The van der Waals surface area contributed by atoms with Crippen molar-refractivity contribution < 1.29 is 22.7 Å². The molecule has 0 atom stereocenters. The number of benzene rings is 1. The lowest BCUT2D eigenvalue weighted by atomic mass is 10.1. The van der Waals surface area contributed by atoms with Crippen LogP contribution >= 0.6 is 0 Å². The number of sulfone groups is 1. The molecule has 0 spiro atoms. The number of para-hydroxylation sites is 1. The highest BCUT2D eigenvalue weighted by Crippen LogP contribution is 2.25. The summed E-state index contributed by atoms with van der Waals surface area (Å²) in [7, 11) is -0.936. The van der Waals surface area contributed by atoms with Gasteiger partial charge in [0.25, 0.3) is 0 Å². The van der Waals surface area contributed by atoms with Crippen LogP contribution in [-0.2, 0) is 19.4 Å². The molecule has 0 bridgehead atoms. The maximum absolute atomic E-state index is 12.5. The fraction of sp³-hybridized carbons (Fsp3) is 0.429. The lowest BCUT2D eigenvalue weighted by Gasteiger charge is -2.28. The first-order chi connectivity index (χ1) is 9.54. The second kappa shape index (κ2) is 5.85. The van der Waals surface area contributed by atoms with Gasteiger partial charge >= 0.3 is 5.97 Å². The highest BCUT2D eigenvalue weighted by atomic mass is 32.2. The fourth-order valence-electron chi connectivity index (χ4n) is 1.72. The van der Waals surface area contributed by atoms with E-state index in [1.807, 2.05) is 0 Å². The second-order valence-corrected chi connectivity index (χ2v) is 7.72. The molecule has 1 amide bonds. The van der Waals surface area contributed by atoms with E-state index in [4.69, 9.17) is 0 Å². The SMILES string of the molecule is COC(=O)c1ccccc1N(C)C(=O)C(C)(C)S(C)(=O)=O. The van der Waals surface area contributed by atoms with E-state index in [1.165, 1.54) is 34.1 Å². The Morgan fingerprint density at radius 3 is 2.19 bits per heavy atom. The van der Waals surface area contributed by atoms with Gasteiger partial charge in [0, 0.05) is 13.3 Å². The number of rotatable bonds is 4. The molecule has 7 heteroatoms. The molecule has 0 saturated carbocycles. The zero-order valence-electron chi connectivity index (χ0n) is 12.7. The number of nitrogens with zero attached hydrogens (tertiary/aromatic N) is 1. The Balaban J connectivity index is 3.31. The Labute approximate surface area is 124 Å². The van der Waals surface area contributed by atoms with Crippen molar-refractivity contribution in [3.8, 4) is 0 Å². The molecule has 0 heterocycles. The summed E-state index contributed by atoms with van der Waals surface area (Å²) in [6, 6.07) is 6.36. The largest absolute Gasteiger partial charge is 0.465 e. The van der Waals surface area contributed by atoms with Gasteiger partial charge in [0.1, 0.15) is 4.75 Å². The van der Waals surface area contributed by atoms with Crippen molar-refractivity contribution in [3.63, 3.8) is 0 Å². The van der Waals surface area contributed by atoms with Gasteiger partial charge in [0.2, 0.25) is 5.91 Å². The van der Waals surface area contributed by atoms with Crippen molar-refractivity contribution in [2.75, 3.05) is 25.3 Å². The molecular weight excluding hydrogens is 294 g/mol. The molecule has 0 fully saturated rings. The first-order valence-corrected chi connectivity index (χ1v) is 8.08. The Morgan fingerprint density at radius 1 is 1.19 bits per heavy atom. The molecule has 116 valence electrons. The molecule has 0 aliphatic carbocycles. The molecule has 0 radical (unpaired) electrons. The first kappa shape index (κ1) is 17.2. The minimum Gasteiger partial charge on any atom is -0.465 e. The van der Waals surface area contributed by atoms with Gasteiger partial charge in [-0.1, -0.05) is 12.1 Å². The molecule has 0 aliphatic heterocycles. The molecule has 0 N–H and O–H groups in total. The van der Waals surface area contributed by atoms with Gasteiger partial charge in [-0.3, -0.25) is 4.79 Å². The van der Waals surface area contributed by atoms with Crippen molar-refractivity contribution in [2.45, 2.75) is 18.6 Å². The fourth-order valence-corrected chi connectivity index (χ4v) is 2.17. The van der Waals surface area contributed by atoms with Gasteiger partial charge in [-0.15, -0.1) is 0 Å². The lowest BCUT2D eigenvalue weighted by molar-refractivity contribution is -0.120. The Kier molecular flexibility index (Phi) is 4.78. The lowest BCUT2D eigenvalue weighted by Crippen LogP contribution is -2.48. The van der Waals surface area contributed by atoms with E-state index in [-0.39, 0.29) is 5.56 Å². The maximum Gasteiger partial charge on any atom is 0.339 e. The number of carbonyl (C=O) groups excluding carboxylic acids is 2. The van der Waals surface area contributed by atoms with E-state index in [0.29, 0.717) is 5.69 Å². The van der Waals surface area contributed by atoms with Gasteiger partial charge in [0.05, 0.1) is 18.4 Å². The van der Waals surface area contributed by atoms with E-state index in [9.17, 15) is 18.0 Å². The number of carbonyl (C=O) groups is 2. The second-order valence-electron chi connectivity index (χ2n) is 5.16. The molecule has 6 nitrogen and oxygen atoms in total. The van der Waals surface area contributed by atoms with Gasteiger partial charge < -0.3 is 9.64 Å². The molecule has 0 aromatic heterocycles. The normalized spacial score (nSPS) is 11.9. The average molecular weight is 313 g/mol. The number of ether oxygens (including phenoxy) is 1. The molecule has 21 heavy (non-hydrogen) atoms. The van der Waals surface area contributed by atoms with Crippen LogP contribution in [-0.4, -0.2) is 45.5 Å². The number of hydrogen-bond acceptors (Lipinski definition) is 5. The van der Waals surface area contributed by atoms with Crippen molar-refractivity contribution in [2.24, 2.45) is 0 Å². The van der Waals surface area contributed by atoms with E-state index in [1.54, 1.807) is 18.2 Å². The molecule has 0 saturated heterocycles. The van der Waals surface area contributed by atoms with Crippen LogP contribution in [0.3, 0.4) is 0 Å². The topological polar surface area (TPSA) is 80.8 Å². The van der Waals surface area contributed by atoms with Gasteiger partial charge in [-0.25, -0.2) is 13.2 Å². The predicted molar refractivity (Wildman–Crippen MR) is 80.1 cm³/mol. The monoisotopic (exact) mass is 313 g/mol. The van der Waals surface area contributed by atoms with E-state index < -0.39 is 26.5 Å². The summed E-state index contributed by atoms with van der Waals surface area (Å²) in [5.41, 5.74) is 0.492. The Morgan fingerprint density at radius 2 is 1.71 bits per heavy atom. The standard InChI is InChI=1S/C14H19NO5S/c1-14(2,21(5,18)19)13(17)15(3)11-9-7-6-8-10(11)12(16)20-4/h6-9H,1-5H3. The molecule has 1 aromatic rings. The molecule has 1 rings (SSSR count). The van der Waals surface area contributed by atoms with Crippen LogP contribution in [0.4, 0.5) is 5.69 Å². The summed E-state index contributed by atoms with van der Waals surface area (Å²) in [5, 5.41) is 0. The van der Waals surface area contributed by atoms with Crippen LogP contribution in [0.25, 0.3) is 0 Å². The number of hydrogen-bond donors (Lipinski definition) is 0. The zero-order valence-corrected chi connectivity index (χ0v) is 13.5. The summed E-state index contributed by atoms with van der Waals surface area (Å²) >= 11 is 0. The minimum absolute atomic E-state index is 0.195. The van der Waals surface area contributed by atoms with Gasteiger partial charge in [-0.05, 0) is 26.0 Å². The van der Waals surface area contributed by atoms with Crippen molar-refractivity contribution in [1.82, 2.24) is 0 Å².